The predicted octanol–water partition coefficient (Wildman–Crippen LogP) is 2.56. The summed E-state index contributed by atoms with van der Waals surface area (Å²) < 4.78 is 36.7. The summed E-state index contributed by atoms with van der Waals surface area (Å²) in [6.07, 6.45) is -3.31. The zero-order chi connectivity index (χ0) is 12.3. The van der Waals surface area contributed by atoms with Gasteiger partial charge in [-0.15, -0.1) is 0 Å². The Morgan fingerprint density at radius 2 is 2.06 bits per heavy atom. The Balaban J connectivity index is 2.91. The molecular formula is C10H11F3N2O. The van der Waals surface area contributed by atoms with E-state index in [1.807, 2.05) is 0 Å². The van der Waals surface area contributed by atoms with Gasteiger partial charge in [0.25, 0.3) is 0 Å². The van der Waals surface area contributed by atoms with Gasteiger partial charge in [0.15, 0.2) is 0 Å². The topological polar surface area (TPSA) is 25.4 Å². The largest absolute Gasteiger partial charge is 0.433 e. The monoisotopic (exact) mass is 232 g/mol. The highest BCUT2D eigenvalue weighted by atomic mass is 19.4. The first-order valence-electron chi connectivity index (χ1n) is 4.36. The molecule has 0 aliphatic carbocycles. The van der Waals surface area contributed by atoms with Crippen LogP contribution in [0.2, 0.25) is 0 Å². The second-order valence-corrected chi connectivity index (χ2v) is 3.06. The summed E-state index contributed by atoms with van der Waals surface area (Å²) >= 11 is 0. The lowest BCUT2D eigenvalue weighted by molar-refractivity contribution is -0.141. The summed E-state index contributed by atoms with van der Waals surface area (Å²) in [6.45, 7) is 3.67. The van der Waals surface area contributed by atoms with Crippen LogP contribution in [0.1, 0.15) is 11.3 Å². The minimum Gasteiger partial charge on any atom is -0.277 e. The van der Waals surface area contributed by atoms with Crippen LogP contribution in [0, 0.1) is 0 Å². The molecule has 0 unspecified atom stereocenters. The smallest absolute Gasteiger partial charge is 0.277 e. The number of aromatic nitrogens is 1. The van der Waals surface area contributed by atoms with E-state index in [0.717, 1.165) is 12.3 Å². The number of pyridine rings is 1. The van der Waals surface area contributed by atoms with E-state index >= 15 is 0 Å². The lowest BCUT2D eigenvalue weighted by Crippen LogP contribution is -2.15. The van der Waals surface area contributed by atoms with E-state index in [0.29, 0.717) is 11.3 Å². The van der Waals surface area contributed by atoms with Gasteiger partial charge < -0.3 is 0 Å². The molecular weight excluding hydrogens is 221 g/mol. The van der Waals surface area contributed by atoms with Crippen molar-refractivity contribution >= 4 is 5.70 Å². The normalized spacial score (nSPS) is 11.3. The van der Waals surface area contributed by atoms with Gasteiger partial charge in [-0.25, -0.2) is 0 Å². The fourth-order valence-electron chi connectivity index (χ4n) is 1.02. The van der Waals surface area contributed by atoms with Crippen molar-refractivity contribution in [3.63, 3.8) is 0 Å². The summed E-state index contributed by atoms with van der Waals surface area (Å²) in [5, 5.41) is 1.34. The van der Waals surface area contributed by atoms with Crippen LogP contribution in [0.25, 0.3) is 5.70 Å². The fourth-order valence-corrected chi connectivity index (χ4v) is 1.02. The van der Waals surface area contributed by atoms with Crippen molar-refractivity contribution in [2.75, 3.05) is 14.2 Å². The minimum atomic E-state index is -4.42. The van der Waals surface area contributed by atoms with Crippen LogP contribution < -0.4 is 0 Å². The highest BCUT2D eigenvalue weighted by Crippen LogP contribution is 2.28. The molecule has 0 fully saturated rings. The highest BCUT2D eigenvalue weighted by molar-refractivity contribution is 5.59. The second kappa shape index (κ2) is 4.52. The number of hydroxylamine groups is 2. The molecule has 88 valence electrons. The second-order valence-electron chi connectivity index (χ2n) is 3.06. The summed E-state index contributed by atoms with van der Waals surface area (Å²) in [6, 6.07) is 2.21. The molecule has 6 heteroatoms. The number of hydrogen-bond acceptors (Lipinski definition) is 3. The quantitative estimate of drug-likeness (QED) is 0.749. The molecule has 1 aromatic rings. The van der Waals surface area contributed by atoms with E-state index in [-0.39, 0.29) is 0 Å². The summed E-state index contributed by atoms with van der Waals surface area (Å²) in [7, 11) is 3.03. The molecule has 0 saturated carbocycles. The van der Waals surface area contributed by atoms with Crippen LogP contribution >= 0.6 is 0 Å². The van der Waals surface area contributed by atoms with Crippen molar-refractivity contribution in [1.82, 2.24) is 10.0 Å². The van der Waals surface area contributed by atoms with Gasteiger partial charge in [-0.05, 0) is 12.1 Å². The highest BCUT2D eigenvalue weighted by Gasteiger charge is 2.32. The number of hydrogen-bond donors (Lipinski definition) is 0. The average Bonchev–Trinajstić information content (AvgIpc) is 2.26. The van der Waals surface area contributed by atoms with E-state index in [1.165, 1.54) is 18.2 Å². The maximum absolute atomic E-state index is 12.2. The lowest BCUT2D eigenvalue weighted by atomic mass is 10.2. The molecule has 16 heavy (non-hydrogen) atoms. The van der Waals surface area contributed by atoms with Gasteiger partial charge in [0, 0.05) is 18.8 Å². The summed E-state index contributed by atoms with van der Waals surface area (Å²) in [5.41, 5.74) is -0.0230. The standard InChI is InChI=1S/C10H11F3N2O/c1-7(15(2)16-3)8-4-5-9(14-6-8)10(11,12)13/h4-6H,1H2,2-3H3. The van der Waals surface area contributed by atoms with E-state index in [4.69, 9.17) is 4.84 Å². The van der Waals surface area contributed by atoms with Crippen molar-refractivity contribution in [2.24, 2.45) is 0 Å². The van der Waals surface area contributed by atoms with Gasteiger partial charge in [-0.1, -0.05) is 6.58 Å². The van der Waals surface area contributed by atoms with Crippen LogP contribution in [0.3, 0.4) is 0 Å². The Hall–Kier alpha value is -1.56. The number of alkyl halides is 3. The van der Waals surface area contributed by atoms with Gasteiger partial charge in [0.2, 0.25) is 0 Å². The molecule has 1 rings (SSSR count). The molecule has 1 heterocycles. The predicted molar refractivity (Wildman–Crippen MR) is 53.0 cm³/mol. The van der Waals surface area contributed by atoms with Gasteiger partial charge >= 0.3 is 6.18 Å². The minimum absolute atomic E-state index is 0.434. The number of halogens is 3. The Morgan fingerprint density at radius 1 is 1.44 bits per heavy atom. The third-order valence-corrected chi connectivity index (χ3v) is 2.04. The van der Waals surface area contributed by atoms with Gasteiger partial charge in [-0.3, -0.25) is 14.9 Å². The molecule has 0 N–H and O–H groups in total. The Bertz CT molecular complexity index is 373. The van der Waals surface area contributed by atoms with Crippen LogP contribution in [-0.4, -0.2) is 24.2 Å². The third-order valence-electron chi connectivity index (χ3n) is 2.04. The first-order chi connectivity index (χ1) is 7.36. The van der Waals surface area contributed by atoms with Crippen molar-refractivity contribution in [2.45, 2.75) is 6.18 Å². The Labute approximate surface area is 91.1 Å². The number of nitrogens with zero attached hydrogens (tertiary/aromatic N) is 2. The Kier molecular flexibility index (Phi) is 3.54. The molecule has 3 nitrogen and oxygen atoms in total. The van der Waals surface area contributed by atoms with Crippen molar-refractivity contribution in [1.29, 1.82) is 0 Å². The SMILES string of the molecule is C=C(c1ccc(C(F)(F)F)nc1)N(C)OC. The zero-order valence-corrected chi connectivity index (χ0v) is 8.88. The van der Waals surface area contributed by atoms with Gasteiger partial charge in [-0.2, -0.15) is 13.2 Å². The molecule has 0 aliphatic rings. The summed E-state index contributed by atoms with van der Waals surface area (Å²) in [5.74, 6) is 0. The molecule has 0 radical (unpaired) electrons. The maximum Gasteiger partial charge on any atom is 0.433 e. The molecule has 0 amide bonds. The first-order valence-corrected chi connectivity index (χ1v) is 4.36. The van der Waals surface area contributed by atoms with Crippen molar-refractivity contribution < 1.29 is 18.0 Å². The van der Waals surface area contributed by atoms with Crippen molar-refractivity contribution in [3.05, 3.63) is 36.2 Å². The molecule has 0 spiro atoms. The van der Waals surface area contributed by atoms with E-state index < -0.39 is 11.9 Å². The third kappa shape index (κ3) is 2.73. The van der Waals surface area contributed by atoms with E-state index in [2.05, 4.69) is 11.6 Å². The lowest BCUT2D eigenvalue weighted by Gasteiger charge is -2.18. The maximum atomic E-state index is 12.2. The molecule has 0 aromatic carbocycles. The van der Waals surface area contributed by atoms with Gasteiger partial charge in [0.1, 0.15) is 5.69 Å². The van der Waals surface area contributed by atoms with E-state index in [1.54, 1.807) is 7.05 Å². The van der Waals surface area contributed by atoms with Crippen LogP contribution in [0.4, 0.5) is 13.2 Å². The van der Waals surface area contributed by atoms with Crippen molar-refractivity contribution in [3.8, 4) is 0 Å². The van der Waals surface area contributed by atoms with Crippen LogP contribution in [0.5, 0.6) is 0 Å². The molecule has 0 aliphatic heterocycles. The molecule has 1 aromatic heterocycles. The summed E-state index contributed by atoms with van der Waals surface area (Å²) in [4.78, 5) is 8.17. The zero-order valence-electron chi connectivity index (χ0n) is 8.88. The van der Waals surface area contributed by atoms with Gasteiger partial charge in [0.05, 0.1) is 12.8 Å². The molecule has 0 atom stereocenters. The first kappa shape index (κ1) is 12.5. The van der Waals surface area contributed by atoms with E-state index in [9.17, 15) is 13.2 Å². The van der Waals surface area contributed by atoms with Crippen LogP contribution in [-0.2, 0) is 11.0 Å². The average molecular weight is 232 g/mol. The molecule has 0 saturated heterocycles. The van der Waals surface area contributed by atoms with Crippen LogP contribution in [0.15, 0.2) is 24.9 Å². The Morgan fingerprint density at radius 3 is 2.44 bits per heavy atom. The fraction of sp³-hybridized carbons (Fsp3) is 0.300. The molecule has 0 bridgehead atoms. The number of rotatable bonds is 3.